The van der Waals surface area contributed by atoms with Crippen LogP contribution < -0.4 is 4.74 Å². The first-order valence-electron chi connectivity index (χ1n) is 12.1. The summed E-state index contributed by atoms with van der Waals surface area (Å²) in [5, 5.41) is 10.1. The molecular weight excluding hydrogens is 432 g/mol. The van der Waals surface area contributed by atoms with Gasteiger partial charge in [-0.25, -0.2) is 4.98 Å². The minimum absolute atomic E-state index is 0.128. The Morgan fingerprint density at radius 1 is 0.771 bits per heavy atom. The third-order valence-electron chi connectivity index (χ3n) is 7.27. The summed E-state index contributed by atoms with van der Waals surface area (Å²) >= 11 is 0. The van der Waals surface area contributed by atoms with E-state index in [9.17, 15) is 5.11 Å². The van der Waals surface area contributed by atoms with Gasteiger partial charge in [0.25, 0.3) is 0 Å². The highest BCUT2D eigenvalue weighted by atomic mass is 16.5. The fourth-order valence-corrected chi connectivity index (χ4v) is 5.22. The molecule has 1 N–H and O–H groups in total. The van der Waals surface area contributed by atoms with E-state index in [1.54, 1.807) is 12.1 Å². The van der Waals surface area contributed by atoms with Gasteiger partial charge in [0, 0.05) is 5.56 Å². The molecule has 0 radical (unpaired) electrons. The van der Waals surface area contributed by atoms with E-state index in [1.807, 2.05) is 18.2 Å². The summed E-state index contributed by atoms with van der Waals surface area (Å²) in [5.74, 6) is 2.48. The van der Waals surface area contributed by atoms with Crippen molar-refractivity contribution >= 4 is 11.0 Å². The number of hydrogen-bond acceptors (Lipinski definition) is 3. The Morgan fingerprint density at radius 2 is 1.40 bits per heavy atom. The topological polar surface area (TPSA) is 47.3 Å². The molecular formula is C31H28N2O2. The van der Waals surface area contributed by atoms with Crippen molar-refractivity contribution in [3.05, 3.63) is 114 Å². The number of phenolic OH excluding ortho intramolecular Hbond substituents is 1. The molecule has 0 bridgehead atoms. The highest BCUT2D eigenvalue weighted by Crippen LogP contribution is 2.53. The fraction of sp³-hybridized carbons (Fsp3) is 0.194. The third kappa shape index (κ3) is 3.17. The average Bonchev–Trinajstić information content (AvgIpc) is 3.39. The van der Waals surface area contributed by atoms with Gasteiger partial charge in [0.2, 0.25) is 0 Å². The van der Waals surface area contributed by atoms with Crippen LogP contribution in [0.2, 0.25) is 0 Å². The lowest BCUT2D eigenvalue weighted by Gasteiger charge is -2.35. The maximum atomic E-state index is 10.1. The Labute approximate surface area is 205 Å². The van der Waals surface area contributed by atoms with Crippen LogP contribution in [0, 0.1) is 5.92 Å². The highest BCUT2D eigenvalue weighted by molar-refractivity contribution is 5.87. The number of hydrogen-bond donors (Lipinski definition) is 1. The second kappa shape index (κ2) is 8.02. The molecule has 0 aliphatic carbocycles. The fourth-order valence-electron chi connectivity index (χ4n) is 5.22. The predicted molar refractivity (Wildman–Crippen MR) is 140 cm³/mol. The molecule has 2 heterocycles. The number of phenols is 1. The Morgan fingerprint density at radius 3 is 2.11 bits per heavy atom. The molecule has 2 unspecified atom stereocenters. The van der Waals surface area contributed by atoms with Crippen molar-refractivity contribution in [1.29, 1.82) is 0 Å². The second-order valence-electron chi connectivity index (χ2n) is 9.65. The van der Waals surface area contributed by atoms with Crippen molar-refractivity contribution in [2.45, 2.75) is 32.4 Å². The van der Waals surface area contributed by atoms with E-state index < -0.39 is 5.54 Å². The van der Waals surface area contributed by atoms with Crippen LogP contribution in [0.25, 0.3) is 22.4 Å². The van der Waals surface area contributed by atoms with Crippen LogP contribution in [0.5, 0.6) is 11.5 Å². The van der Waals surface area contributed by atoms with E-state index in [1.165, 1.54) is 5.56 Å². The van der Waals surface area contributed by atoms with Gasteiger partial charge in [-0.2, -0.15) is 0 Å². The number of rotatable bonds is 5. The van der Waals surface area contributed by atoms with E-state index >= 15 is 0 Å². The number of benzene rings is 4. The minimum Gasteiger partial charge on any atom is -0.508 e. The lowest BCUT2D eigenvalue weighted by Crippen LogP contribution is -2.34. The first kappa shape index (κ1) is 21.5. The van der Waals surface area contributed by atoms with Crippen molar-refractivity contribution in [3.63, 3.8) is 0 Å². The van der Waals surface area contributed by atoms with Gasteiger partial charge < -0.3 is 14.4 Å². The van der Waals surface area contributed by atoms with Crippen molar-refractivity contribution in [3.8, 4) is 22.9 Å². The second-order valence-corrected chi connectivity index (χ2v) is 9.65. The van der Waals surface area contributed by atoms with Crippen LogP contribution in [-0.4, -0.2) is 20.8 Å². The number of aromatic nitrogens is 2. The molecule has 2 atom stereocenters. The molecule has 4 nitrogen and oxygen atoms in total. The summed E-state index contributed by atoms with van der Waals surface area (Å²) < 4.78 is 8.54. The zero-order valence-corrected chi connectivity index (χ0v) is 20.1. The molecule has 4 aromatic carbocycles. The van der Waals surface area contributed by atoms with Crippen LogP contribution in [0.1, 0.15) is 37.5 Å². The third-order valence-corrected chi connectivity index (χ3v) is 7.27. The Bertz CT molecular complexity index is 1520. The smallest absolute Gasteiger partial charge is 0.142 e. The van der Waals surface area contributed by atoms with Crippen LogP contribution in [0.3, 0.4) is 0 Å². The quantitative estimate of drug-likeness (QED) is 0.302. The summed E-state index contributed by atoms with van der Waals surface area (Å²) in [6.45, 7) is 6.44. The van der Waals surface area contributed by atoms with Gasteiger partial charge in [-0.05, 0) is 65.9 Å². The molecule has 1 aromatic heterocycles. The molecule has 174 valence electrons. The molecule has 5 aromatic rings. The largest absolute Gasteiger partial charge is 0.508 e. The van der Waals surface area contributed by atoms with Crippen LogP contribution in [-0.2, 0) is 5.54 Å². The number of para-hydroxylation sites is 2. The lowest BCUT2D eigenvalue weighted by molar-refractivity contribution is 0.170. The van der Waals surface area contributed by atoms with Gasteiger partial charge in [0.05, 0.1) is 17.1 Å². The predicted octanol–water partition coefficient (Wildman–Crippen LogP) is 6.99. The minimum atomic E-state index is -0.641. The van der Waals surface area contributed by atoms with Crippen LogP contribution in [0.15, 0.2) is 97.1 Å². The number of nitrogens with zero attached hydrogens (tertiary/aromatic N) is 2. The molecule has 0 fully saturated rings. The van der Waals surface area contributed by atoms with Crippen LogP contribution in [0.4, 0.5) is 0 Å². The zero-order valence-electron chi connectivity index (χ0n) is 20.1. The van der Waals surface area contributed by atoms with E-state index in [0.29, 0.717) is 5.92 Å². The number of aromatic hydroxyl groups is 1. The van der Waals surface area contributed by atoms with Gasteiger partial charge >= 0.3 is 0 Å². The van der Waals surface area contributed by atoms with E-state index in [2.05, 4.69) is 92.1 Å². The first-order chi connectivity index (χ1) is 17.0. The first-order valence-corrected chi connectivity index (χ1v) is 12.1. The molecule has 35 heavy (non-hydrogen) atoms. The van der Waals surface area contributed by atoms with Gasteiger partial charge in [0.15, 0.2) is 0 Å². The van der Waals surface area contributed by atoms with E-state index in [4.69, 9.17) is 9.72 Å². The standard InChI is InChI=1S/C31H28N2O2/c1-20(2)21(3)35-25-18-14-23(15-19-25)31(22-12-16-24(34)17-13-22)27-9-5-4-8-26(27)30-32-28-10-6-7-11-29(28)33(30)31/h4-21,34H,1-3H3. The van der Waals surface area contributed by atoms with E-state index in [-0.39, 0.29) is 11.9 Å². The molecule has 4 heteroatoms. The van der Waals surface area contributed by atoms with Gasteiger partial charge in [-0.15, -0.1) is 0 Å². The van der Waals surface area contributed by atoms with E-state index in [0.717, 1.165) is 39.3 Å². The maximum Gasteiger partial charge on any atom is 0.142 e. The summed E-state index contributed by atoms with van der Waals surface area (Å²) in [6, 6.07) is 32.8. The Kier molecular flexibility index (Phi) is 4.92. The summed E-state index contributed by atoms with van der Waals surface area (Å²) in [6.07, 6.45) is 0.128. The molecule has 0 spiro atoms. The number of fused-ring (bicyclic) bond motifs is 5. The molecule has 6 rings (SSSR count). The summed E-state index contributed by atoms with van der Waals surface area (Å²) in [4.78, 5) is 5.06. The van der Waals surface area contributed by atoms with Crippen molar-refractivity contribution < 1.29 is 9.84 Å². The molecule has 0 saturated carbocycles. The summed E-state index contributed by atoms with van der Waals surface area (Å²) in [5.41, 5.74) is 5.86. The monoisotopic (exact) mass is 460 g/mol. The zero-order chi connectivity index (χ0) is 24.2. The van der Waals surface area contributed by atoms with Gasteiger partial charge in [0.1, 0.15) is 22.9 Å². The Hall–Kier alpha value is -4.05. The normalized spacial score (nSPS) is 17.4. The van der Waals surface area contributed by atoms with Gasteiger partial charge in [-0.1, -0.05) is 74.5 Å². The molecule has 0 saturated heterocycles. The number of ether oxygens (including phenoxy) is 1. The number of imidazole rings is 1. The Balaban J connectivity index is 1.65. The summed E-state index contributed by atoms with van der Waals surface area (Å²) in [7, 11) is 0. The van der Waals surface area contributed by atoms with Crippen LogP contribution >= 0.6 is 0 Å². The van der Waals surface area contributed by atoms with Crippen molar-refractivity contribution in [2.75, 3.05) is 0 Å². The highest BCUT2D eigenvalue weighted by Gasteiger charge is 2.47. The SMILES string of the molecule is CC(C)C(C)Oc1ccc(C2(c3ccc(O)cc3)c3ccccc3-c3nc4ccccc4n32)cc1. The lowest BCUT2D eigenvalue weighted by atomic mass is 9.77. The maximum absolute atomic E-state index is 10.1. The molecule has 1 aliphatic rings. The van der Waals surface area contributed by atoms with Crippen molar-refractivity contribution in [1.82, 2.24) is 9.55 Å². The molecule has 1 aliphatic heterocycles. The van der Waals surface area contributed by atoms with Gasteiger partial charge in [-0.3, -0.25) is 0 Å². The average molecular weight is 461 g/mol. The van der Waals surface area contributed by atoms with Crippen molar-refractivity contribution in [2.24, 2.45) is 5.92 Å². The molecule has 0 amide bonds.